The Morgan fingerprint density at radius 2 is 1.91 bits per heavy atom. The number of aliphatic hydroxyl groups excluding tert-OH is 1. The van der Waals surface area contributed by atoms with E-state index in [9.17, 15) is 14.3 Å². The van der Waals surface area contributed by atoms with Crippen LogP contribution in [0.25, 0.3) is 0 Å². The fourth-order valence-corrected chi connectivity index (χ4v) is 2.76. The third kappa shape index (κ3) is 3.02. The van der Waals surface area contributed by atoms with Crippen molar-refractivity contribution in [1.82, 2.24) is 0 Å². The number of benzene rings is 2. The molecule has 1 amide bonds. The van der Waals surface area contributed by atoms with Crippen LogP contribution in [0.4, 0.5) is 10.1 Å². The molecule has 1 aliphatic carbocycles. The molecule has 2 N–H and O–H groups in total. The van der Waals surface area contributed by atoms with Gasteiger partial charge in [-0.05, 0) is 43.0 Å². The van der Waals surface area contributed by atoms with Gasteiger partial charge >= 0.3 is 0 Å². The van der Waals surface area contributed by atoms with Gasteiger partial charge in [0.1, 0.15) is 5.82 Å². The summed E-state index contributed by atoms with van der Waals surface area (Å²) in [7, 11) is 0. The Labute approximate surface area is 128 Å². The number of para-hydroxylation sites is 1. The zero-order valence-corrected chi connectivity index (χ0v) is 12.3. The molecule has 0 saturated heterocycles. The predicted octanol–water partition coefficient (Wildman–Crippen LogP) is 3.62. The minimum absolute atomic E-state index is 0.0533. The number of carbonyl (C=O) groups excluding carboxylic acids is 1. The second-order valence-electron chi connectivity index (χ2n) is 5.75. The number of hydrogen-bond acceptors (Lipinski definition) is 2. The van der Waals surface area contributed by atoms with Gasteiger partial charge in [-0.1, -0.05) is 30.3 Å². The lowest BCUT2D eigenvalue weighted by atomic mass is 10.1. The quantitative estimate of drug-likeness (QED) is 0.906. The van der Waals surface area contributed by atoms with E-state index >= 15 is 0 Å². The number of carbonyl (C=O) groups is 1. The van der Waals surface area contributed by atoms with Gasteiger partial charge in [0.05, 0.1) is 6.10 Å². The molecular formula is C18H18FNO2. The molecule has 0 bridgehead atoms. The van der Waals surface area contributed by atoms with Gasteiger partial charge in [0.25, 0.3) is 0 Å². The lowest BCUT2D eigenvalue weighted by Gasteiger charge is -2.13. The van der Waals surface area contributed by atoms with E-state index in [-0.39, 0.29) is 23.6 Å². The van der Waals surface area contributed by atoms with Crippen LogP contribution < -0.4 is 5.32 Å². The first-order valence-electron chi connectivity index (χ1n) is 7.39. The van der Waals surface area contributed by atoms with Crippen molar-refractivity contribution in [3.63, 3.8) is 0 Å². The number of nitrogens with one attached hydrogen (secondary N) is 1. The highest BCUT2D eigenvalue weighted by atomic mass is 19.1. The molecule has 4 heteroatoms. The Morgan fingerprint density at radius 3 is 2.59 bits per heavy atom. The topological polar surface area (TPSA) is 49.3 Å². The van der Waals surface area contributed by atoms with E-state index in [0.29, 0.717) is 11.3 Å². The van der Waals surface area contributed by atoms with E-state index in [1.807, 2.05) is 12.1 Å². The van der Waals surface area contributed by atoms with Crippen molar-refractivity contribution in [1.29, 1.82) is 0 Å². The van der Waals surface area contributed by atoms with Gasteiger partial charge in [0.2, 0.25) is 5.91 Å². The highest BCUT2D eigenvalue weighted by molar-refractivity contribution is 5.95. The second kappa shape index (κ2) is 5.89. The lowest BCUT2D eigenvalue weighted by Crippen LogP contribution is -2.16. The maximum Gasteiger partial charge on any atom is 0.228 e. The van der Waals surface area contributed by atoms with Gasteiger partial charge in [-0.2, -0.15) is 0 Å². The fourth-order valence-electron chi connectivity index (χ4n) is 2.76. The molecule has 0 aliphatic heterocycles. The van der Waals surface area contributed by atoms with E-state index in [1.165, 1.54) is 12.1 Å². The highest BCUT2D eigenvalue weighted by Crippen LogP contribution is 2.48. The van der Waals surface area contributed by atoms with Crippen molar-refractivity contribution in [3.05, 3.63) is 65.5 Å². The minimum atomic E-state index is -0.636. The van der Waals surface area contributed by atoms with E-state index in [1.54, 1.807) is 31.2 Å². The molecule has 3 unspecified atom stereocenters. The van der Waals surface area contributed by atoms with Crippen LogP contribution in [-0.4, -0.2) is 11.0 Å². The molecule has 3 nitrogen and oxygen atoms in total. The molecule has 0 radical (unpaired) electrons. The number of amides is 1. The molecule has 0 aromatic heterocycles. The molecule has 3 rings (SSSR count). The summed E-state index contributed by atoms with van der Waals surface area (Å²) in [5.41, 5.74) is 2.34. The molecule has 114 valence electrons. The van der Waals surface area contributed by atoms with Crippen LogP contribution in [0.3, 0.4) is 0 Å². The smallest absolute Gasteiger partial charge is 0.228 e. The van der Waals surface area contributed by atoms with Crippen LogP contribution in [0.2, 0.25) is 0 Å². The number of hydrogen-bond donors (Lipinski definition) is 2. The predicted molar refractivity (Wildman–Crippen MR) is 83.0 cm³/mol. The first kappa shape index (κ1) is 14.7. The van der Waals surface area contributed by atoms with Gasteiger partial charge in [0.15, 0.2) is 0 Å². The number of rotatable bonds is 4. The third-order valence-electron chi connectivity index (χ3n) is 4.09. The normalized spacial score (nSPS) is 21.2. The maximum atomic E-state index is 12.9. The van der Waals surface area contributed by atoms with Crippen molar-refractivity contribution in [2.75, 3.05) is 5.32 Å². The van der Waals surface area contributed by atoms with Crippen molar-refractivity contribution >= 4 is 11.6 Å². The Morgan fingerprint density at radius 1 is 1.23 bits per heavy atom. The van der Waals surface area contributed by atoms with Crippen molar-refractivity contribution in [3.8, 4) is 0 Å². The molecule has 3 atom stereocenters. The molecule has 0 spiro atoms. The summed E-state index contributed by atoms with van der Waals surface area (Å²) in [4.78, 5) is 12.3. The molecule has 2 aromatic rings. The fraction of sp³-hybridized carbons (Fsp3) is 0.278. The van der Waals surface area contributed by atoms with Crippen LogP contribution in [-0.2, 0) is 4.79 Å². The highest BCUT2D eigenvalue weighted by Gasteiger charge is 2.44. The number of anilines is 1. The monoisotopic (exact) mass is 299 g/mol. The summed E-state index contributed by atoms with van der Waals surface area (Å²) in [5.74, 6) is -0.259. The van der Waals surface area contributed by atoms with Crippen LogP contribution in [0.15, 0.2) is 48.5 Å². The third-order valence-corrected chi connectivity index (χ3v) is 4.09. The Bertz CT molecular complexity index is 682. The zero-order chi connectivity index (χ0) is 15.7. The molecule has 1 fully saturated rings. The van der Waals surface area contributed by atoms with Crippen molar-refractivity contribution < 1.29 is 14.3 Å². The molecule has 0 heterocycles. The molecule has 1 aliphatic rings. The summed E-state index contributed by atoms with van der Waals surface area (Å²) >= 11 is 0. The maximum absolute atomic E-state index is 12.9. The van der Waals surface area contributed by atoms with Crippen molar-refractivity contribution in [2.24, 2.45) is 5.92 Å². The Hall–Kier alpha value is -2.20. The second-order valence-corrected chi connectivity index (χ2v) is 5.75. The van der Waals surface area contributed by atoms with Gasteiger partial charge < -0.3 is 10.4 Å². The van der Waals surface area contributed by atoms with Crippen LogP contribution >= 0.6 is 0 Å². The van der Waals surface area contributed by atoms with Gasteiger partial charge in [-0.3, -0.25) is 4.79 Å². The van der Waals surface area contributed by atoms with Crippen LogP contribution in [0.5, 0.6) is 0 Å². The van der Waals surface area contributed by atoms with Crippen LogP contribution in [0, 0.1) is 11.7 Å². The van der Waals surface area contributed by atoms with Crippen LogP contribution in [0.1, 0.15) is 36.5 Å². The van der Waals surface area contributed by atoms with E-state index in [0.717, 1.165) is 12.0 Å². The number of aliphatic hydroxyl groups is 1. The molecular weight excluding hydrogens is 281 g/mol. The van der Waals surface area contributed by atoms with Gasteiger partial charge in [0, 0.05) is 17.2 Å². The Balaban J connectivity index is 1.68. The molecule has 1 saturated carbocycles. The summed E-state index contributed by atoms with van der Waals surface area (Å²) in [5, 5.41) is 12.6. The minimum Gasteiger partial charge on any atom is -0.389 e. The summed E-state index contributed by atoms with van der Waals surface area (Å²) in [6.07, 6.45) is 0.137. The standard InChI is InChI=1S/C18H18FNO2/c1-11(21)14-4-2-3-5-17(14)20-18(22)16-10-15(16)12-6-8-13(19)9-7-12/h2-9,11,15-16,21H,10H2,1H3,(H,20,22). The summed E-state index contributed by atoms with van der Waals surface area (Å²) in [6.45, 7) is 1.67. The molecule has 22 heavy (non-hydrogen) atoms. The molecule has 2 aromatic carbocycles. The first-order valence-corrected chi connectivity index (χ1v) is 7.39. The lowest BCUT2D eigenvalue weighted by molar-refractivity contribution is -0.117. The Kier molecular flexibility index (Phi) is 3.94. The van der Waals surface area contributed by atoms with E-state index in [2.05, 4.69) is 5.32 Å². The average molecular weight is 299 g/mol. The van der Waals surface area contributed by atoms with E-state index < -0.39 is 6.10 Å². The zero-order valence-electron chi connectivity index (χ0n) is 12.3. The van der Waals surface area contributed by atoms with E-state index in [4.69, 9.17) is 0 Å². The van der Waals surface area contributed by atoms with Gasteiger partial charge in [-0.25, -0.2) is 4.39 Å². The SMILES string of the molecule is CC(O)c1ccccc1NC(=O)C1CC1c1ccc(F)cc1. The summed E-state index contributed by atoms with van der Waals surface area (Å²) in [6, 6.07) is 13.5. The van der Waals surface area contributed by atoms with Crippen molar-refractivity contribution in [2.45, 2.75) is 25.4 Å². The average Bonchev–Trinajstić information content (AvgIpc) is 3.29. The largest absolute Gasteiger partial charge is 0.389 e. The first-order chi connectivity index (χ1) is 10.6. The van der Waals surface area contributed by atoms with Gasteiger partial charge in [-0.15, -0.1) is 0 Å². The summed E-state index contributed by atoms with van der Waals surface area (Å²) < 4.78 is 12.9. The number of halogens is 1.